The molecule has 0 radical (unpaired) electrons. The minimum atomic E-state index is -2.16. The van der Waals surface area contributed by atoms with Gasteiger partial charge in [0.25, 0.3) is 0 Å². The summed E-state index contributed by atoms with van der Waals surface area (Å²) in [6, 6.07) is 39.1. The Balaban J connectivity index is 1.98. The first kappa shape index (κ1) is 20.6. The van der Waals surface area contributed by atoms with E-state index in [9.17, 15) is 4.79 Å². The van der Waals surface area contributed by atoms with Crippen LogP contribution in [0.1, 0.15) is 16.8 Å². The van der Waals surface area contributed by atoms with Gasteiger partial charge >= 0.3 is 0 Å². The van der Waals surface area contributed by atoms with Crippen LogP contribution in [0.5, 0.6) is 0 Å². The van der Waals surface area contributed by atoms with E-state index in [0.29, 0.717) is 6.42 Å². The number of rotatable bonds is 6. The zero-order chi connectivity index (χ0) is 20.8. The van der Waals surface area contributed by atoms with Crippen LogP contribution in [0.2, 0.25) is 0 Å². The lowest BCUT2D eigenvalue weighted by Gasteiger charge is -2.29. The van der Waals surface area contributed by atoms with Gasteiger partial charge < -0.3 is 0 Å². The second kappa shape index (κ2) is 9.43. The lowest BCUT2D eigenvalue weighted by Crippen LogP contribution is -2.28. The SMILES string of the molecule is O=C(CC=P(c1ccccc1)(c1ccccc1)c1ccccc1Br)c1ccccc1. The van der Waals surface area contributed by atoms with Crippen molar-refractivity contribution in [2.45, 2.75) is 6.42 Å². The van der Waals surface area contributed by atoms with E-state index in [4.69, 9.17) is 0 Å². The van der Waals surface area contributed by atoms with Gasteiger partial charge in [-0.2, -0.15) is 0 Å². The van der Waals surface area contributed by atoms with Crippen LogP contribution >= 0.6 is 22.8 Å². The van der Waals surface area contributed by atoms with E-state index in [0.717, 1.165) is 10.0 Å². The monoisotopic (exact) mass is 472 g/mol. The third-order valence-corrected chi connectivity index (χ3v) is 10.3. The molecule has 4 rings (SSSR count). The number of carbonyl (C=O) groups is 1. The van der Waals surface area contributed by atoms with Gasteiger partial charge in [0, 0.05) is 16.5 Å². The highest BCUT2D eigenvalue weighted by Gasteiger charge is 2.27. The summed E-state index contributed by atoms with van der Waals surface area (Å²) in [5.74, 6) is 2.41. The molecule has 0 N–H and O–H groups in total. The molecule has 148 valence electrons. The minimum Gasteiger partial charge on any atom is -0.294 e. The topological polar surface area (TPSA) is 17.1 Å². The Bertz CT molecular complexity index is 1140. The number of Topliss-reactive ketones (excluding diaryl/α,β-unsaturated/α-hetero) is 1. The second-order valence-electron chi connectivity index (χ2n) is 7.02. The molecular formula is C27H22BrOP. The van der Waals surface area contributed by atoms with E-state index < -0.39 is 6.89 Å². The number of hydrogen-bond acceptors (Lipinski definition) is 1. The smallest absolute Gasteiger partial charge is 0.166 e. The molecule has 0 aliphatic carbocycles. The fraction of sp³-hybridized carbons (Fsp3) is 0.0370. The molecule has 30 heavy (non-hydrogen) atoms. The van der Waals surface area contributed by atoms with Crippen molar-refractivity contribution in [2.24, 2.45) is 0 Å². The Morgan fingerprint density at radius 2 is 1.13 bits per heavy atom. The summed E-state index contributed by atoms with van der Waals surface area (Å²) in [6.45, 7) is -2.16. The lowest BCUT2D eigenvalue weighted by molar-refractivity contribution is 0.100. The Morgan fingerprint density at radius 1 is 0.667 bits per heavy atom. The number of carbonyl (C=O) groups excluding carboxylic acids is 1. The highest BCUT2D eigenvalue weighted by Crippen LogP contribution is 2.46. The van der Waals surface area contributed by atoms with Crippen LogP contribution in [-0.2, 0) is 0 Å². The molecule has 4 aromatic carbocycles. The zero-order valence-electron chi connectivity index (χ0n) is 16.5. The maximum absolute atomic E-state index is 13.0. The number of hydrogen-bond donors (Lipinski definition) is 0. The molecule has 0 saturated carbocycles. The summed E-state index contributed by atoms with van der Waals surface area (Å²) in [7, 11) is 0. The highest BCUT2D eigenvalue weighted by atomic mass is 79.9. The second-order valence-corrected chi connectivity index (χ2v) is 11.2. The van der Waals surface area contributed by atoms with Gasteiger partial charge in [-0.05, 0) is 28.9 Å². The normalized spacial score (nSPS) is 11.1. The molecule has 0 spiro atoms. The van der Waals surface area contributed by atoms with E-state index in [1.807, 2.05) is 48.5 Å². The van der Waals surface area contributed by atoms with E-state index in [-0.39, 0.29) is 5.78 Å². The first-order chi connectivity index (χ1) is 14.7. The highest BCUT2D eigenvalue weighted by molar-refractivity contribution is 9.10. The van der Waals surface area contributed by atoms with Crippen LogP contribution in [0.4, 0.5) is 0 Å². The predicted molar refractivity (Wildman–Crippen MR) is 134 cm³/mol. The van der Waals surface area contributed by atoms with Crippen LogP contribution in [0.3, 0.4) is 0 Å². The van der Waals surface area contributed by atoms with E-state index >= 15 is 0 Å². The zero-order valence-corrected chi connectivity index (χ0v) is 19.0. The largest absolute Gasteiger partial charge is 0.294 e. The van der Waals surface area contributed by atoms with Gasteiger partial charge in [0.2, 0.25) is 0 Å². The minimum absolute atomic E-state index is 0.138. The molecule has 0 unspecified atom stereocenters. The van der Waals surface area contributed by atoms with Crippen LogP contribution in [0.15, 0.2) is 120 Å². The van der Waals surface area contributed by atoms with Crippen molar-refractivity contribution >= 4 is 50.3 Å². The number of benzene rings is 4. The van der Waals surface area contributed by atoms with Gasteiger partial charge in [-0.3, -0.25) is 4.79 Å². The molecule has 0 aromatic heterocycles. The summed E-state index contributed by atoms with van der Waals surface area (Å²) in [5.41, 5.74) is 0.750. The van der Waals surface area contributed by atoms with Gasteiger partial charge in [0.15, 0.2) is 5.78 Å². The molecule has 0 atom stereocenters. The quantitative estimate of drug-likeness (QED) is 0.255. The number of ketones is 1. The summed E-state index contributed by atoms with van der Waals surface area (Å²) in [4.78, 5) is 13.0. The van der Waals surface area contributed by atoms with Crippen LogP contribution in [0.25, 0.3) is 0 Å². The fourth-order valence-electron chi connectivity index (χ4n) is 3.76. The van der Waals surface area contributed by atoms with Crippen molar-refractivity contribution < 1.29 is 4.79 Å². The molecule has 4 aromatic rings. The third kappa shape index (κ3) is 4.12. The van der Waals surface area contributed by atoms with E-state index in [2.05, 4.69) is 88.5 Å². The Kier molecular flexibility index (Phi) is 6.47. The maximum Gasteiger partial charge on any atom is 0.166 e. The average Bonchev–Trinajstić information content (AvgIpc) is 2.82. The first-order valence-corrected chi connectivity index (χ1v) is 12.5. The van der Waals surface area contributed by atoms with Crippen LogP contribution in [-0.4, -0.2) is 11.6 Å². The average molecular weight is 473 g/mol. The molecule has 0 fully saturated rings. The predicted octanol–water partition coefficient (Wildman–Crippen LogP) is 5.82. The Hall–Kier alpha value is -2.67. The van der Waals surface area contributed by atoms with E-state index in [1.54, 1.807) is 0 Å². The maximum atomic E-state index is 13.0. The summed E-state index contributed by atoms with van der Waals surface area (Å²) in [5, 5.41) is 3.70. The van der Waals surface area contributed by atoms with Crippen molar-refractivity contribution in [3.63, 3.8) is 0 Å². The summed E-state index contributed by atoms with van der Waals surface area (Å²) >= 11 is 3.80. The first-order valence-electron chi connectivity index (χ1n) is 9.89. The third-order valence-electron chi connectivity index (χ3n) is 5.21. The molecule has 0 bridgehead atoms. The lowest BCUT2D eigenvalue weighted by atomic mass is 10.1. The molecule has 0 saturated heterocycles. The van der Waals surface area contributed by atoms with Gasteiger partial charge in [-0.1, -0.05) is 131 Å². The summed E-state index contributed by atoms with van der Waals surface area (Å²) in [6.07, 6.45) is 0.378. The molecule has 1 nitrogen and oxygen atoms in total. The van der Waals surface area contributed by atoms with Crippen molar-refractivity contribution in [3.8, 4) is 0 Å². The van der Waals surface area contributed by atoms with Crippen molar-refractivity contribution in [2.75, 3.05) is 0 Å². The molecule has 3 heteroatoms. The van der Waals surface area contributed by atoms with Crippen molar-refractivity contribution in [3.05, 3.63) is 125 Å². The van der Waals surface area contributed by atoms with Gasteiger partial charge in [0.1, 0.15) is 0 Å². The molecule has 0 aliphatic heterocycles. The molecule has 0 heterocycles. The van der Waals surface area contributed by atoms with Crippen LogP contribution < -0.4 is 15.9 Å². The standard InChI is InChI=1S/C27H22BrOP/c28-25-18-10-11-19-27(25)30(23-14-6-2-7-15-23,24-16-8-3-9-17-24)21-20-26(29)22-12-4-1-5-13-22/h1-19,21H,20H2. The Labute approximate surface area is 186 Å². The number of halogens is 1. The molecule has 0 aliphatic rings. The Morgan fingerprint density at radius 3 is 1.67 bits per heavy atom. The molecular weight excluding hydrogens is 451 g/mol. The van der Waals surface area contributed by atoms with Gasteiger partial charge in [-0.15, -0.1) is 0 Å². The van der Waals surface area contributed by atoms with Crippen molar-refractivity contribution in [1.82, 2.24) is 0 Å². The summed E-state index contributed by atoms with van der Waals surface area (Å²) < 4.78 is 1.06. The van der Waals surface area contributed by atoms with Crippen molar-refractivity contribution in [1.29, 1.82) is 0 Å². The van der Waals surface area contributed by atoms with Gasteiger partial charge in [-0.25, -0.2) is 0 Å². The fourth-order valence-corrected chi connectivity index (χ4v) is 8.82. The van der Waals surface area contributed by atoms with Gasteiger partial charge in [0.05, 0.1) is 0 Å². The van der Waals surface area contributed by atoms with E-state index in [1.165, 1.54) is 15.9 Å². The molecule has 0 amide bonds. The van der Waals surface area contributed by atoms with Crippen LogP contribution in [0, 0.1) is 0 Å².